The Balaban J connectivity index is 3.11. The van der Waals surface area contributed by atoms with Crippen molar-refractivity contribution in [3.05, 3.63) is 36.7 Å². The van der Waals surface area contributed by atoms with Crippen LogP contribution in [-0.4, -0.2) is 13.0 Å². The third kappa shape index (κ3) is 1.90. The number of nitrogens with zero attached hydrogens (tertiary/aromatic N) is 1. The van der Waals surface area contributed by atoms with Crippen molar-refractivity contribution in [2.75, 3.05) is 17.7 Å². The summed E-state index contributed by atoms with van der Waals surface area (Å²) in [6.07, 6.45) is 1.11. The summed E-state index contributed by atoms with van der Waals surface area (Å²) in [7, 11) is 1.46. The summed E-state index contributed by atoms with van der Waals surface area (Å²) in [5.41, 5.74) is 6.03. The smallest absolute Gasteiger partial charge is 0.250 e. The number of nitrogens with two attached hydrogens (primary N) is 1. The molecular formula is C10H11FN2O. The number of anilines is 2. The highest BCUT2D eigenvalue weighted by molar-refractivity contribution is 6.00. The molecule has 0 spiro atoms. The molecule has 0 atom stereocenters. The van der Waals surface area contributed by atoms with Crippen molar-refractivity contribution in [2.24, 2.45) is 0 Å². The standard InChI is InChI=1S/C10H11FN2O/c1-3-10(14)13(2)9-6-7(12)4-5-8(9)11/h3-6H,1,12H2,2H3. The number of nitrogen functional groups attached to an aromatic ring is 1. The lowest BCUT2D eigenvalue weighted by molar-refractivity contribution is -0.113. The second kappa shape index (κ2) is 3.91. The average Bonchev–Trinajstić information content (AvgIpc) is 2.19. The van der Waals surface area contributed by atoms with Gasteiger partial charge in [-0.1, -0.05) is 6.58 Å². The van der Waals surface area contributed by atoms with E-state index in [9.17, 15) is 9.18 Å². The Morgan fingerprint density at radius 3 is 2.86 bits per heavy atom. The van der Waals surface area contributed by atoms with Gasteiger partial charge in [0.15, 0.2) is 0 Å². The van der Waals surface area contributed by atoms with Crippen molar-refractivity contribution in [2.45, 2.75) is 0 Å². The summed E-state index contributed by atoms with van der Waals surface area (Å²) < 4.78 is 13.2. The minimum Gasteiger partial charge on any atom is -0.399 e. The number of hydrogen-bond donors (Lipinski definition) is 1. The van der Waals surface area contributed by atoms with Crippen molar-refractivity contribution < 1.29 is 9.18 Å². The van der Waals surface area contributed by atoms with E-state index in [2.05, 4.69) is 6.58 Å². The number of benzene rings is 1. The predicted octanol–water partition coefficient (Wildman–Crippen LogP) is 1.56. The Kier molecular flexibility index (Phi) is 2.86. The molecule has 4 heteroatoms. The van der Waals surface area contributed by atoms with Gasteiger partial charge < -0.3 is 10.6 Å². The second-order valence-corrected chi connectivity index (χ2v) is 2.81. The molecule has 74 valence electrons. The van der Waals surface area contributed by atoms with Gasteiger partial charge in [0.25, 0.3) is 0 Å². The van der Waals surface area contributed by atoms with Crippen molar-refractivity contribution >= 4 is 17.3 Å². The zero-order chi connectivity index (χ0) is 10.7. The van der Waals surface area contributed by atoms with Crippen LogP contribution in [0.1, 0.15) is 0 Å². The van der Waals surface area contributed by atoms with Crippen LogP contribution in [0.25, 0.3) is 0 Å². The van der Waals surface area contributed by atoms with Crippen LogP contribution in [-0.2, 0) is 4.79 Å². The first-order chi connectivity index (χ1) is 6.56. The zero-order valence-electron chi connectivity index (χ0n) is 7.83. The summed E-state index contributed by atoms with van der Waals surface area (Å²) in [6.45, 7) is 3.31. The average molecular weight is 194 g/mol. The van der Waals surface area contributed by atoms with Crippen molar-refractivity contribution in [3.63, 3.8) is 0 Å². The van der Waals surface area contributed by atoms with E-state index in [4.69, 9.17) is 5.73 Å². The van der Waals surface area contributed by atoms with Crippen LogP contribution in [0.4, 0.5) is 15.8 Å². The van der Waals surface area contributed by atoms with Gasteiger partial charge >= 0.3 is 0 Å². The van der Waals surface area contributed by atoms with E-state index in [0.717, 1.165) is 11.0 Å². The van der Waals surface area contributed by atoms with Crippen LogP contribution in [0.5, 0.6) is 0 Å². The molecular weight excluding hydrogens is 183 g/mol. The predicted molar refractivity (Wildman–Crippen MR) is 54.4 cm³/mol. The van der Waals surface area contributed by atoms with Crippen LogP contribution in [0.3, 0.4) is 0 Å². The molecule has 0 aliphatic carbocycles. The Labute approximate surface area is 81.6 Å². The number of carbonyl (C=O) groups is 1. The first-order valence-corrected chi connectivity index (χ1v) is 4.01. The molecule has 0 aliphatic rings. The molecule has 1 rings (SSSR count). The van der Waals surface area contributed by atoms with E-state index in [1.165, 1.54) is 25.2 Å². The minimum absolute atomic E-state index is 0.148. The van der Waals surface area contributed by atoms with E-state index in [-0.39, 0.29) is 11.6 Å². The van der Waals surface area contributed by atoms with Gasteiger partial charge in [-0.15, -0.1) is 0 Å². The first kappa shape index (κ1) is 10.2. The van der Waals surface area contributed by atoms with Gasteiger partial charge in [0, 0.05) is 12.7 Å². The Bertz CT molecular complexity index is 376. The number of halogens is 1. The molecule has 1 amide bonds. The largest absolute Gasteiger partial charge is 0.399 e. The molecule has 0 heterocycles. The molecule has 0 saturated heterocycles. The van der Waals surface area contributed by atoms with Crippen LogP contribution in [0.2, 0.25) is 0 Å². The van der Waals surface area contributed by atoms with Crippen molar-refractivity contribution in [1.29, 1.82) is 0 Å². The van der Waals surface area contributed by atoms with E-state index in [0.29, 0.717) is 5.69 Å². The van der Waals surface area contributed by atoms with Crippen LogP contribution in [0.15, 0.2) is 30.9 Å². The number of carbonyl (C=O) groups excluding carboxylic acids is 1. The Hall–Kier alpha value is -1.84. The second-order valence-electron chi connectivity index (χ2n) is 2.81. The molecule has 2 N–H and O–H groups in total. The maximum Gasteiger partial charge on any atom is 0.250 e. The van der Waals surface area contributed by atoms with Crippen LogP contribution < -0.4 is 10.6 Å². The number of rotatable bonds is 2. The van der Waals surface area contributed by atoms with Gasteiger partial charge in [-0.05, 0) is 24.3 Å². The fraction of sp³-hybridized carbons (Fsp3) is 0.100. The number of amides is 1. The SMILES string of the molecule is C=CC(=O)N(C)c1cc(N)ccc1F. The minimum atomic E-state index is -0.489. The third-order valence-corrected chi connectivity index (χ3v) is 1.84. The van der Waals surface area contributed by atoms with E-state index < -0.39 is 5.82 Å². The van der Waals surface area contributed by atoms with E-state index in [1.807, 2.05) is 0 Å². The molecule has 0 radical (unpaired) electrons. The lowest BCUT2D eigenvalue weighted by Gasteiger charge is -2.16. The normalized spacial score (nSPS) is 9.57. The zero-order valence-corrected chi connectivity index (χ0v) is 7.83. The lowest BCUT2D eigenvalue weighted by atomic mass is 10.2. The molecule has 3 nitrogen and oxygen atoms in total. The van der Waals surface area contributed by atoms with Gasteiger partial charge in [-0.2, -0.15) is 0 Å². The lowest BCUT2D eigenvalue weighted by Crippen LogP contribution is -2.24. The molecule has 0 bridgehead atoms. The molecule has 0 fully saturated rings. The maximum atomic E-state index is 13.2. The summed E-state index contributed by atoms with van der Waals surface area (Å²) in [5.74, 6) is -0.869. The van der Waals surface area contributed by atoms with Crippen molar-refractivity contribution in [1.82, 2.24) is 0 Å². The number of likely N-dealkylation sites (N-methyl/N-ethyl adjacent to an activating group) is 1. The molecule has 0 unspecified atom stereocenters. The third-order valence-electron chi connectivity index (χ3n) is 1.84. The van der Waals surface area contributed by atoms with Crippen molar-refractivity contribution in [3.8, 4) is 0 Å². The molecule has 1 aromatic rings. The Morgan fingerprint density at radius 1 is 1.64 bits per heavy atom. The van der Waals surface area contributed by atoms with Gasteiger partial charge in [-0.25, -0.2) is 4.39 Å². The Morgan fingerprint density at radius 2 is 2.29 bits per heavy atom. The van der Waals surface area contributed by atoms with Crippen LogP contribution >= 0.6 is 0 Å². The highest BCUT2D eigenvalue weighted by Crippen LogP contribution is 2.21. The summed E-state index contributed by atoms with van der Waals surface area (Å²) in [6, 6.07) is 4.05. The topological polar surface area (TPSA) is 46.3 Å². The quantitative estimate of drug-likeness (QED) is 0.573. The van der Waals surface area contributed by atoms with Gasteiger partial charge in [0.2, 0.25) is 5.91 Å². The molecule has 0 aliphatic heterocycles. The highest BCUT2D eigenvalue weighted by Gasteiger charge is 2.11. The highest BCUT2D eigenvalue weighted by atomic mass is 19.1. The molecule has 1 aromatic carbocycles. The van der Waals surface area contributed by atoms with E-state index in [1.54, 1.807) is 0 Å². The summed E-state index contributed by atoms with van der Waals surface area (Å²) in [5, 5.41) is 0. The van der Waals surface area contributed by atoms with Gasteiger partial charge in [0.05, 0.1) is 5.69 Å². The monoisotopic (exact) mass is 194 g/mol. The van der Waals surface area contributed by atoms with Crippen LogP contribution in [0, 0.1) is 5.82 Å². The van der Waals surface area contributed by atoms with E-state index >= 15 is 0 Å². The fourth-order valence-electron chi connectivity index (χ4n) is 1.04. The fourth-order valence-corrected chi connectivity index (χ4v) is 1.04. The molecule has 14 heavy (non-hydrogen) atoms. The first-order valence-electron chi connectivity index (χ1n) is 4.01. The molecule has 0 saturated carbocycles. The summed E-state index contributed by atoms with van der Waals surface area (Å²) in [4.78, 5) is 12.3. The maximum absolute atomic E-state index is 13.2. The number of hydrogen-bond acceptors (Lipinski definition) is 2. The summed E-state index contributed by atoms with van der Waals surface area (Å²) >= 11 is 0. The van der Waals surface area contributed by atoms with Gasteiger partial charge in [-0.3, -0.25) is 4.79 Å². The van der Waals surface area contributed by atoms with Gasteiger partial charge in [0.1, 0.15) is 5.82 Å². The molecule has 0 aromatic heterocycles.